The molecule has 0 radical (unpaired) electrons. The van der Waals surface area contributed by atoms with Gasteiger partial charge >= 0.3 is 0 Å². The molecule has 150 valence electrons. The highest BCUT2D eigenvalue weighted by molar-refractivity contribution is 6.33. The van der Waals surface area contributed by atoms with Crippen LogP contribution in [0.4, 0.5) is 0 Å². The molecule has 2 aromatic carbocycles. The Morgan fingerprint density at radius 2 is 1.04 bits per heavy atom. The predicted octanol–water partition coefficient (Wildman–Crippen LogP) is 3.91. The summed E-state index contributed by atoms with van der Waals surface area (Å²) < 4.78 is 0. The van der Waals surface area contributed by atoms with Gasteiger partial charge in [0.25, 0.3) is 0 Å². The van der Waals surface area contributed by atoms with Crippen molar-refractivity contribution >= 4 is 34.8 Å². The number of hydrogen-bond donors (Lipinski definition) is 3. The molecule has 9 heteroatoms. The summed E-state index contributed by atoms with van der Waals surface area (Å²) in [6.07, 6.45) is 1.86. The van der Waals surface area contributed by atoms with Gasteiger partial charge in [-0.05, 0) is 84.0 Å². The maximum Gasteiger partial charge on any atom is 0.227 e. The van der Waals surface area contributed by atoms with Gasteiger partial charge in [-0.2, -0.15) is 15.0 Å². The normalized spacial score (nSPS) is 9.61. The summed E-state index contributed by atoms with van der Waals surface area (Å²) in [4.78, 5) is 10.4. The van der Waals surface area contributed by atoms with Gasteiger partial charge in [-0.1, -0.05) is 42.5 Å². The lowest BCUT2D eigenvalue weighted by atomic mass is 10.1. The molecule has 0 fully saturated rings. The molecule has 5 N–H and O–H groups in total. The van der Waals surface area contributed by atoms with E-state index in [-0.39, 0.29) is 15.9 Å². The molecule has 1 aromatic heterocycles. The van der Waals surface area contributed by atoms with Gasteiger partial charge in [0, 0.05) is 0 Å². The number of benzene rings is 2. The monoisotopic (exact) mass is 441 g/mol. The minimum absolute atomic E-state index is 0.000000000000000444. The molecule has 0 aliphatic heterocycles. The predicted molar refractivity (Wildman–Crippen MR) is 115 cm³/mol. The Bertz CT molecular complexity index is 754. The highest BCUT2D eigenvalue weighted by Gasteiger charge is 1.97. The first kappa shape index (κ1) is 24.1. The second kappa shape index (κ2) is 14.1. The van der Waals surface area contributed by atoms with Crippen LogP contribution in [0.25, 0.3) is 0 Å². The van der Waals surface area contributed by atoms with E-state index in [2.05, 4.69) is 27.1 Å². The average molecular weight is 443 g/mol. The second-order valence-electron chi connectivity index (χ2n) is 5.37. The van der Waals surface area contributed by atoms with E-state index in [9.17, 15) is 0 Å². The summed E-state index contributed by atoms with van der Waals surface area (Å²) in [6, 6.07) is 17.4. The van der Waals surface area contributed by atoms with Gasteiger partial charge in [0.1, 0.15) is 5.75 Å². The van der Waals surface area contributed by atoms with Gasteiger partial charge in [0.05, 0.1) is 0 Å². The topological polar surface area (TPSA) is 111 Å². The fourth-order valence-electron chi connectivity index (χ4n) is 1.94. The van der Waals surface area contributed by atoms with Crippen LogP contribution in [0, 0.1) is 0 Å². The molecule has 0 bridgehead atoms. The lowest BCUT2D eigenvalue weighted by Crippen LogP contribution is -2.01. The molecule has 0 amide bonds. The molecule has 3 rings (SSSR count). The Morgan fingerprint density at radius 1 is 0.643 bits per heavy atom. The van der Waals surface area contributed by atoms with Crippen molar-refractivity contribution in [2.45, 2.75) is 12.8 Å². The van der Waals surface area contributed by atoms with Crippen molar-refractivity contribution in [3.8, 4) is 5.75 Å². The van der Waals surface area contributed by atoms with Gasteiger partial charge in [0.15, 0.2) is 0 Å². The molecule has 0 saturated heterocycles. The SMILES string of the molecule is Clc1nc(Cl)nc(Cl)n1.NCCc1ccc(O)cc1.NCCc1ccccc1. The molecular weight excluding hydrogens is 421 g/mol. The van der Waals surface area contributed by atoms with Gasteiger partial charge in [-0.15, -0.1) is 0 Å². The summed E-state index contributed by atoms with van der Waals surface area (Å²) >= 11 is 16.0. The maximum absolute atomic E-state index is 8.89. The van der Waals surface area contributed by atoms with E-state index < -0.39 is 0 Å². The largest absolute Gasteiger partial charge is 0.508 e. The minimum atomic E-state index is 0.000000000000000444. The Balaban J connectivity index is 0.000000210. The molecule has 6 nitrogen and oxygen atoms in total. The zero-order chi connectivity index (χ0) is 20.8. The molecule has 0 atom stereocenters. The van der Waals surface area contributed by atoms with Crippen LogP contribution >= 0.6 is 34.8 Å². The van der Waals surface area contributed by atoms with Crippen LogP contribution in [0.3, 0.4) is 0 Å². The number of aromatic nitrogens is 3. The number of phenols is 1. The van der Waals surface area contributed by atoms with Crippen LogP contribution in [0.15, 0.2) is 54.6 Å². The lowest BCUT2D eigenvalue weighted by Gasteiger charge is -1.96. The smallest absolute Gasteiger partial charge is 0.227 e. The fraction of sp³-hybridized carbons (Fsp3) is 0.211. The van der Waals surface area contributed by atoms with E-state index in [0.717, 1.165) is 19.4 Å². The van der Waals surface area contributed by atoms with Crippen molar-refractivity contribution in [3.05, 3.63) is 81.6 Å². The molecule has 0 aliphatic rings. The van der Waals surface area contributed by atoms with Crippen molar-refractivity contribution in [1.82, 2.24) is 15.0 Å². The van der Waals surface area contributed by atoms with Gasteiger partial charge in [-0.3, -0.25) is 0 Å². The van der Waals surface area contributed by atoms with Crippen LogP contribution in [0.5, 0.6) is 5.75 Å². The maximum atomic E-state index is 8.89. The summed E-state index contributed by atoms with van der Waals surface area (Å²) in [5.74, 6) is 0.306. The van der Waals surface area contributed by atoms with Gasteiger partial charge in [0.2, 0.25) is 15.9 Å². The van der Waals surface area contributed by atoms with E-state index in [1.54, 1.807) is 12.1 Å². The Morgan fingerprint density at radius 3 is 1.43 bits per heavy atom. The quantitative estimate of drug-likeness (QED) is 0.565. The molecule has 0 spiro atoms. The molecule has 3 aromatic rings. The molecule has 28 heavy (non-hydrogen) atoms. The summed E-state index contributed by atoms with van der Waals surface area (Å²) in [7, 11) is 0. The van der Waals surface area contributed by atoms with Crippen molar-refractivity contribution in [2.24, 2.45) is 11.5 Å². The summed E-state index contributed by atoms with van der Waals surface area (Å²) in [5.41, 5.74) is 13.2. The van der Waals surface area contributed by atoms with E-state index in [4.69, 9.17) is 51.4 Å². The van der Waals surface area contributed by atoms with Crippen LogP contribution in [-0.4, -0.2) is 33.1 Å². The van der Waals surface area contributed by atoms with E-state index in [1.807, 2.05) is 30.3 Å². The first-order valence-electron chi connectivity index (χ1n) is 8.39. The van der Waals surface area contributed by atoms with Crippen molar-refractivity contribution in [1.29, 1.82) is 0 Å². The fourth-order valence-corrected chi connectivity index (χ4v) is 2.55. The number of nitrogens with two attached hydrogens (primary N) is 2. The first-order valence-corrected chi connectivity index (χ1v) is 9.52. The number of rotatable bonds is 4. The highest BCUT2D eigenvalue weighted by atomic mass is 35.5. The molecule has 0 saturated carbocycles. The van der Waals surface area contributed by atoms with E-state index >= 15 is 0 Å². The lowest BCUT2D eigenvalue weighted by molar-refractivity contribution is 0.475. The Hall–Kier alpha value is -1.96. The number of aromatic hydroxyl groups is 1. The third-order valence-corrected chi connectivity index (χ3v) is 3.71. The van der Waals surface area contributed by atoms with Crippen molar-refractivity contribution in [3.63, 3.8) is 0 Å². The number of halogens is 3. The number of phenolic OH excluding ortho intramolecular Hbond substituents is 1. The summed E-state index contributed by atoms with van der Waals surface area (Å²) in [6.45, 7) is 1.40. The van der Waals surface area contributed by atoms with Gasteiger partial charge in [-0.25, -0.2) is 0 Å². The zero-order valence-electron chi connectivity index (χ0n) is 15.1. The third kappa shape index (κ3) is 11.0. The van der Waals surface area contributed by atoms with E-state index in [1.165, 1.54) is 11.1 Å². The number of hydrogen-bond acceptors (Lipinski definition) is 6. The van der Waals surface area contributed by atoms with Crippen LogP contribution in [0.1, 0.15) is 11.1 Å². The average Bonchev–Trinajstić information content (AvgIpc) is 2.65. The first-order chi connectivity index (χ1) is 13.4. The molecule has 1 heterocycles. The third-order valence-electron chi connectivity index (χ3n) is 3.20. The molecular formula is C19H22Cl3N5O. The van der Waals surface area contributed by atoms with Crippen LogP contribution < -0.4 is 11.5 Å². The Kier molecular flexibility index (Phi) is 12.1. The molecule has 0 aliphatic carbocycles. The summed E-state index contributed by atoms with van der Waals surface area (Å²) in [5, 5.41) is 8.89. The van der Waals surface area contributed by atoms with Crippen LogP contribution in [0.2, 0.25) is 15.9 Å². The van der Waals surface area contributed by atoms with E-state index in [0.29, 0.717) is 12.3 Å². The van der Waals surface area contributed by atoms with Crippen molar-refractivity contribution < 1.29 is 5.11 Å². The van der Waals surface area contributed by atoms with Crippen molar-refractivity contribution in [2.75, 3.05) is 13.1 Å². The zero-order valence-corrected chi connectivity index (χ0v) is 17.4. The Labute approximate surface area is 179 Å². The second-order valence-corrected chi connectivity index (χ2v) is 6.39. The molecule has 0 unspecified atom stereocenters. The number of nitrogens with zero attached hydrogens (tertiary/aromatic N) is 3. The van der Waals surface area contributed by atoms with Gasteiger partial charge < -0.3 is 16.6 Å². The standard InChI is InChI=1S/C8H11NO.C8H11N.C3Cl3N3/c9-6-5-7-1-3-8(10)4-2-7;9-7-6-8-4-2-1-3-5-8;4-1-7-2(5)9-3(6)8-1/h1-4,10H,5-6,9H2;1-5H,6-7,9H2;. The minimum Gasteiger partial charge on any atom is -0.508 e. The van der Waals surface area contributed by atoms with Crippen LogP contribution in [-0.2, 0) is 12.8 Å². The highest BCUT2D eigenvalue weighted by Crippen LogP contribution is 2.09.